The molecule has 0 bridgehead atoms. The van der Waals surface area contributed by atoms with Crippen molar-refractivity contribution in [1.29, 1.82) is 0 Å². The monoisotopic (exact) mass is 466 g/mol. The van der Waals surface area contributed by atoms with Crippen LogP contribution in [0.5, 0.6) is 28.7 Å². The number of rotatable bonds is 7. The van der Waals surface area contributed by atoms with E-state index in [0.717, 1.165) is 11.6 Å². The number of methoxy groups -OCH3 is 2. The fraction of sp³-hybridized carbons (Fsp3) is 0.296. The van der Waals surface area contributed by atoms with Crippen LogP contribution in [0.1, 0.15) is 38.8 Å². The maximum atomic E-state index is 13.7. The van der Waals surface area contributed by atoms with E-state index in [1.54, 1.807) is 6.08 Å². The molecule has 180 valence electrons. The Balaban J connectivity index is 2.48. The standard InChI is InChI=1S/C27H30O7/c1-14(2)7-9-17-20(32-5)13-22-24(25(17)30)26(31)18(10-8-15(3)4)27(34-22)23-19(29)11-16(28)12-21(23)33-6/h7-9,11-14,28-30H,10H2,1-6H3/b9-7+. The van der Waals surface area contributed by atoms with Crippen LogP contribution >= 0.6 is 0 Å². The zero-order valence-corrected chi connectivity index (χ0v) is 20.2. The number of ether oxygens (including phenoxy) is 2. The third-order valence-corrected chi connectivity index (χ3v) is 5.35. The highest BCUT2D eigenvalue weighted by atomic mass is 16.5. The molecule has 0 amide bonds. The van der Waals surface area contributed by atoms with Gasteiger partial charge in [-0.05, 0) is 26.2 Å². The van der Waals surface area contributed by atoms with Crippen LogP contribution in [0.25, 0.3) is 28.4 Å². The number of phenols is 3. The van der Waals surface area contributed by atoms with Gasteiger partial charge in [-0.15, -0.1) is 0 Å². The molecule has 0 unspecified atom stereocenters. The number of aromatic hydroxyl groups is 3. The van der Waals surface area contributed by atoms with E-state index in [2.05, 4.69) is 0 Å². The van der Waals surface area contributed by atoms with Crippen LogP contribution in [0.3, 0.4) is 0 Å². The summed E-state index contributed by atoms with van der Waals surface area (Å²) in [4.78, 5) is 13.7. The number of hydrogen-bond acceptors (Lipinski definition) is 7. The van der Waals surface area contributed by atoms with Gasteiger partial charge >= 0.3 is 0 Å². The Morgan fingerprint density at radius 1 is 1.06 bits per heavy atom. The van der Waals surface area contributed by atoms with Gasteiger partial charge < -0.3 is 29.2 Å². The minimum absolute atomic E-state index is 0.0161. The molecule has 0 spiro atoms. The molecule has 0 atom stereocenters. The topological polar surface area (TPSA) is 109 Å². The van der Waals surface area contributed by atoms with E-state index in [1.807, 2.05) is 39.8 Å². The average Bonchev–Trinajstić information content (AvgIpc) is 2.76. The van der Waals surface area contributed by atoms with Crippen molar-refractivity contribution in [2.75, 3.05) is 14.2 Å². The van der Waals surface area contributed by atoms with Crippen LogP contribution < -0.4 is 14.9 Å². The quantitative estimate of drug-likeness (QED) is 0.379. The fourth-order valence-electron chi connectivity index (χ4n) is 3.65. The summed E-state index contributed by atoms with van der Waals surface area (Å²) >= 11 is 0. The number of phenolic OH excluding ortho intramolecular Hbond substituents is 3. The highest BCUT2D eigenvalue weighted by Crippen LogP contribution is 2.44. The van der Waals surface area contributed by atoms with E-state index in [-0.39, 0.29) is 63.2 Å². The molecule has 0 aliphatic carbocycles. The smallest absolute Gasteiger partial charge is 0.200 e. The molecule has 3 rings (SSSR count). The molecule has 3 N–H and O–H groups in total. The van der Waals surface area contributed by atoms with E-state index in [0.29, 0.717) is 11.3 Å². The predicted octanol–water partition coefficient (Wildman–Crippen LogP) is 5.77. The van der Waals surface area contributed by atoms with Crippen LogP contribution in [0, 0.1) is 5.92 Å². The summed E-state index contributed by atoms with van der Waals surface area (Å²) in [7, 11) is 2.85. The summed E-state index contributed by atoms with van der Waals surface area (Å²) in [5, 5.41) is 31.6. The summed E-state index contributed by atoms with van der Waals surface area (Å²) in [6.45, 7) is 7.80. The molecule has 7 nitrogen and oxygen atoms in total. The number of fused-ring (bicyclic) bond motifs is 1. The molecule has 3 aromatic rings. The van der Waals surface area contributed by atoms with Crippen molar-refractivity contribution in [3.8, 4) is 40.1 Å². The van der Waals surface area contributed by atoms with Crippen molar-refractivity contribution in [3.05, 3.63) is 57.3 Å². The molecule has 0 saturated heterocycles. The Labute approximate surface area is 198 Å². The second kappa shape index (κ2) is 9.95. The molecule has 0 aliphatic rings. The lowest BCUT2D eigenvalue weighted by atomic mass is 9.98. The zero-order valence-electron chi connectivity index (χ0n) is 20.2. The maximum absolute atomic E-state index is 13.7. The normalized spacial score (nSPS) is 11.4. The number of benzene rings is 2. The third kappa shape index (κ3) is 4.73. The first-order chi connectivity index (χ1) is 16.1. The highest BCUT2D eigenvalue weighted by Gasteiger charge is 2.25. The van der Waals surface area contributed by atoms with Crippen molar-refractivity contribution in [2.24, 2.45) is 5.92 Å². The van der Waals surface area contributed by atoms with E-state index in [1.165, 1.54) is 26.4 Å². The van der Waals surface area contributed by atoms with Crippen molar-refractivity contribution >= 4 is 17.0 Å². The zero-order chi connectivity index (χ0) is 25.2. The lowest BCUT2D eigenvalue weighted by Gasteiger charge is -2.16. The van der Waals surface area contributed by atoms with E-state index >= 15 is 0 Å². The average molecular weight is 467 g/mol. The molecule has 0 aliphatic heterocycles. The van der Waals surface area contributed by atoms with Gasteiger partial charge in [-0.3, -0.25) is 4.79 Å². The lowest BCUT2D eigenvalue weighted by Crippen LogP contribution is -2.12. The summed E-state index contributed by atoms with van der Waals surface area (Å²) < 4.78 is 17.0. The molecule has 1 heterocycles. The SMILES string of the molecule is COc1cc2oc(-c3c(O)cc(O)cc3OC)c(CC=C(C)C)c(=O)c2c(O)c1/C=C/C(C)C. The van der Waals surface area contributed by atoms with Crippen LogP contribution in [0.2, 0.25) is 0 Å². The van der Waals surface area contributed by atoms with E-state index in [9.17, 15) is 20.1 Å². The molecule has 34 heavy (non-hydrogen) atoms. The second-order valence-corrected chi connectivity index (χ2v) is 8.58. The molecule has 0 radical (unpaired) electrons. The van der Waals surface area contributed by atoms with Crippen LogP contribution in [0.15, 0.2) is 45.1 Å². The minimum Gasteiger partial charge on any atom is -0.508 e. The first kappa shape index (κ1) is 24.8. The molecular formula is C27H30O7. The van der Waals surface area contributed by atoms with Crippen LogP contribution in [0.4, 0.5) is 0 Å². The number of allylic oxidation sites excluding steroid dienone is 3. The fourth-order valence-corrected chi connectivity index (χ4v) is 3.65. The van der Waals surface area contributed by atoms with Crippen LogP contribution in [-0.2, 0) is 6.42 Å². The van der Waals surface area contributed by atoms with Crippen molar-refractivity contribution in [3.63, 3.8) is 0 Å². The van der Waals surface area contributed by atoms with Gasteiger partial charge in [0.1, 0.15) is 51.0 Å². The molecule has 1 aromatic heterocycles. The molecule has 2 aromatic carbocycles. The predicted molar refractivity (Wildman–Crippen MR) is 133 cm³/mol. The maximum Gasteiger partial charge on any atom is 0.200 e. The Morgan fingerprint density at radius 3 is 2.32 bits per heavy atom. The van der Waals surface area contributed by atoms with Gasteiger partial charge in [0.15, 0.2) is 0 Å². The lowest BCUT2D eigenvalue weighted by molar-refractivity contribution is 0.398. The van der Waals surface area contributed by atoms with Crippen molar-refractivity contribution < 1.29 is 29.2 Å². The van der Waals surface area contributed by atoms with Gasteiger partial charge in [0, 0.05) is 23.8 Å². The van der Waals surface area contributed by atoms with Gasteiger partial charge in [-0.25, -0.2) is 0 Å². The van der Waals surface area contributed by atoms with Gasteiger partial charge in [0.25, 0.3) is 0 Å². The van der Waals surface area contributed by atoms with Gasteiger partial charge in [-0.1, -0.05) is 37.6 Å². The minimum atomic E-state index is -0.442. The highest BCUT2D eigenvalue weighted by molar-refractivity contribution is 5.92. The first-order valence-electron chi connectivity index (χ1n) is 10.9. The first-order valence-corrected chi connectivity index (χ1v) is 10.9. The largest absolute Gasteiger partial charge is 0.508 e. The Hall–Kier alpha value is -3.87. The number of hydrogen-bond donors (Lipinski definition) is 3. The van der Waals surface area contributed by atoms with Gasteiger partial charge in [-0.2, -0.15) is 0 Å². The molecule has 7 heteroatoms. The third-order valence-electron chi connectivity index (χ3n) is 5.35. The molecular weight excluding hydrogens is 436 g/mol. The Bertz CT molecular complexity index is 1340. The second-order valence-electron chi connectivity index (χ2n) is 8.58. The Kier molecular flexibility index (Phi) is 7.25. The van der Waals surface area contributed by atoms with E-state index < -0.39 is 5.43 Å². The summed E-state index contributed by atoms with van der Waals surface area (Å²) in [5.41, 5.74) is 1.36. The summed E-state index contributed by atoms with van der Waals surface area (Å²) in [5.74, 6) is -0.000518. The summed E-state index contributed by atoms with van der Waals surface area (Å²) in [6.07, 6.45) is 5.66. The Morgan fingerprint density at radius 2 is 1.74 bits per heavy atom. The molecule has 0 saturated carbocycles. The van der Waals surface area contributed by atoms with Gasteiger partial charge in [0.2, 0.25) is 5.43 Å². The molecule has 0 fully saturated rings. The summed E-state index contributed by atoms with van der Waals surface area (Å²) in [6, 6.07) is 4.00. The van der Waals surface area contributed by atoms with Crippen molar-refractivity contribution in [1.82, 2.24) is 0 Å². The van der Waals surface area contributed by atoms with Crippen molar-refractivity contribution in [2.45, 2.75) is 34.1 Å². The van der Waals surface area contributed by atoms with E-state index in [4.69, 9.17) is 13.9 Å². The van der Waals surface area contributed by atoms with Crippen LogP contribution in [-0.4, -0.2) is 29.5 Å². The van der Waals surface area contributed by atoms with Gasteiger partial charge in [0.05, 0.1) is 19.8 Å².